The molecule has 1 saturated carbocycles. The van der Waals surface area contributed by atoms with Gasteiger partial charge in [0, 0.05) is 24.2 Å². The zero-order valence-corrected chi connectivity index (χ0v) is 17.0. The summed E-state index contributed by atoms with van der Waals surface area (Å²) in [5.41, 5.74) is 6.82. The fraction of sp³-hybridized carbons (Fsp3) is 0.579. The summed E-state index contributed by atoms with van der Waals surface area (Å²) in [5, 5.41) is 6.19. The summed E-state index contributed by atoms with van der Waals surface area (Å²) in [6.07, 6.45) is 5.83. The first kappa shape index (κ1) is 22.7. The highest BCUT2D eigenvalue weighted by atomic mass is 35.5. The lowest BCUT2D eigenvalue weighted by molar-refractivity contribution is -0.118. The second kappa shape index (κ2) is 10.8. The van der Waals surface area contributed by atoms with Crippen molar-refractivity contribution >= 4 is 41.5 Å². The average molecular weight is 402 g/mol. The molecule has 2 rings (SSSR count). The van der Waals surface area contributed by atoms with E-state index in [0.717, 1.165) is 12.8 Å². The van der Waals surface area contributed by atoms with Gasteiger partial charge in [0.25, 0.3) is 5.91 Å². The molecule has 0 saturated heterocycles. The molecule has 1 aliphatic rings. The summed E-state index contributed by atoms with van der Waals surface area (Å²) in [6, 6.07) is 4.90. The summed E-state index contributed by atoms with van der Waals surface area (Å²) < 4.78 is 0. The van der Waals surface area contributed by atoms with Crippen molar-refractivity contribution in [2.24, 2.45) is 17.6 Å². The molecule has 5 nitrogen and oxygen atoms in total. The van der Waals surface area contributed by atoms with E-state index in [0.29, 0.717) is 28.7 Å². The van der Waals surface area contributed by atoms with Crippen LogP contribution in [0.5, 0.6) is 0 Å². The quantitative estimate of drug-likeness (QED) is 0.673. The van der Waals surface area contributed by atoms with Crippen LogP contribution >= 0.6 is 24.0 Å². The predicted octanol–water partition coefficient (Wildman–Crippen LogP) is 3.99. The Hall–Kier alpha value is -1.30. The van der Waals surface area contributed by atoms with Crippen molar-refractivity contribution < 1.29 is 9.59 Å². The lowest BCUT2D eigenvalue weighted by Crippen LogP contribution is -2.46. The van der Waals surface area contributed by atoms with Crippen molar-refractivity contribution in [3.63, 3.8) is 0 Å². The van der Waals surface area contributed by atoms with Crippen LogP contribution in [0, 0.1) is 11.8 Å². The molecule has 1 fully saturated rings. The minimum absolute atomic E-state index is 0. The van der Waals surface area contributed by atoms with Crippen LogP contribution in [0.25, 0.3) is 0 Å². The Bertz CT molecular complexity index is 617. The fourth-order valence-corrected chi connectivity index (χ4v) is 3.42. The zero-order chi connectivity index (χ0) is 18.4. The van der Waals surface area contributed by atoms with Crippen LogP contribution in [0.2, 0.25) is 5.02 Å². The summed E-state index contributed by atoms with van der Waals surface area (Å²) in [4.78, 5) is 24.5. The van der Waals surface area contributed by atoms with Gasteiger partial charge in [0.05, 0.1) is 10.6 Å². The SMILES string of the molecule is CC(C)C(=O)Nc1ccc(Cl)c(C(=O)NC(CN)C2CCCCC2)c1.Cl. The van der Waals surface area contributed by atoms with Crippen LogP contribution in [0.1, 0.15) is 56.3 Å². The number of hydrogen-bond acceptors (Lipinski definition) is 3. The Labute approximate surface area is 166 Å². The van der Waals surface area contributed by atoms with Crippen LogP contribution in [-0.4, -0.2) is 24.4 Å². The van der Waals surface area contributed by atoms with Crippen LogP contribution in [0.3, 0.4) is 0 Å². The van der Waals surface area contributed by atoms with E-state index in [1.807, 2.05) is 13.8 Å². The fourth-order valence-electron chi connectivity index (χ4n) is 3.22. The number of carbonyl (C=O) groups is 2. The van der Waals surface area contributed by atoms with Crippen molar-refractivity contribution in [3.8, 4) is 0 Å². The lowest BCUT2D eigenvalue weighted by Gasteiger charge is -2.30. The van der Waals surface area contributed by atoms with Crippen molar-refractivity contribution in [2.45, 2.75) is 52.0 Å². The lowest BCUT2D eigenvalue weighted by atomic mass is 9.84. The third-order valence-corrected chi connectivity index (χ3v) is 5.12. The standard InChI is InChI=1S/C19H28ClN3O2.ClH/c1-12(2)18(24)22-14-8-9-16(20)15(10-14)19(25)23-17(11-21)13-6-4-3-5-7-13;/h8-10,12-13,17H,3-7,11,21H2,1-2H3,(H,22,24)(H,23,25);1H. The molecule has 2 amide bonds. The van der Waals surface area contributed by atoms with Gasteiger partial charge in [-0.2, -0.15) is 0 Å². The van der Waals surface area contributed by atoms with E-state index in [9.17, 15) is 9.59 Å². The number of benzene rings is 1. The van der Waals surface area contributed by atoms with E-state index in [1.165, 1.54) is 19.3 Å². The highest BCUT2D eigenvalue weighted by Crippen LogP contribution is 2.27. The van der Waals surface area contributed by atoms with E-state index in [4.69, 9.17) is 17.3 Å². The average Bonchev–Trinajstić information content (AvgIpc) is 2.61. The first-order chi connectivity index (χ1) is 11.9. The van der Waals surface area contributed by atoms with Gasteiger partial charge in [0.1, 0.15) is 0 Å². The molecule has 0 heterocycles. The summed E-state index contributed by atoms with van der Waals surface area (Å²) >= 11 is 6.20. The Morgan fingerprint density at radius 2 is 1.88 bits per heavy atom. The van der Waals surface area contributed by atoms with Gasteiger partial charge >= 0.3 is 0 Å². The van der Waals surface area contributed by atoms with Gasteiger partial charge in [0.15, 0.2) is 0 Å². The smallest absolute Gasteiger partial charge is 0.253 e. The van der Waals surface area contributed by atoms with E-state index < -0.39 is 0 Å². The topological polar surface area (TPSA) is 84.2 Å². The minimum atomic E-state index is -0.244. The number of amides is 2. The van der Waals surface area contributed by atoms with Gasteiger partial charge in [-0.15, -0.1) is 12.4 Å². The van der Waals surface area contributed by atoms with Gasteiger partial charge in [-0.3, -0.25) is 9.59 Å². The second-order valence-corrected chi connectivity index (χ2v) is 7.46. The molecule has 0 radical (unpaired) electrons. The molecule has 1 aliphatic carbocycles. The summed E-state index contributed by atoms with van der Waals surface area (Å²) in [7, 11) is 0. The molecule has 0 spiro atoms. The number of hydrogen-bond donors (Lipinski definition) is 3. The molecule has 0 bridgehead atoms. The number of carbonyl (C=O) groups excluding carboxylic acids is 2. The van der Waals surface area contributed by atoms with Gasteiger partial charge in [-0.05, 0) is 37.0 Å². The third kappa shape index (κ3) is 6.15. The van der Waals surface area contributed by atoms with Gasteiger partial charge in [-0.1, -0.05) is 44.7 Å². The molecule has 1 atom stereocenters. The number of halogens is 2. The van der Waals surface area contributed by atoms with Crippen LogP contribution in [0.15, 0.2) is 18.2 Å². The first-order valence-electron chi connectivity index (χ1n) is 9.03. The Kier molecular flexibility index (Phi) is 9.41. The Balaban J connectivity index is 0.00000338. The van der Waals surface area contributed by atoms with Crippen LogP contribution < -0.4 is 16.4 Å². The normalized spacial score (nSPS) is 15.9. The molecule has 26 heavy (non-hydrogen) atoms. The molecule has 1 unspecified atom stereocenters. The van der Waals surface area contributed by atoms with Crippen LogP contribution in [-0.2, 0) is 4.79 Å². The van der Waals surface area contributed by atoms with Gasteiger partial charge in [-0.25, -0.2) is 0 Å². The van der Waals surface area contributed by atoms with E-state index in [2.05, 4.69) is 10.6 Å². The molecule has 1 aromatic rings. The number of nitrogens with one attached hydrogen (secondary N) is 2. The van der Waals surface area contributed by atoms with Crippen molar-refractivity contribution in [2.75, 3.05) is 11.9 Å². The number of anilines is 1. The maximum atomic E-state index is 12.7. The first-order valence-corrected chi connectivity index (χ1v) is 9.41. The predicted molar refractivity (Wildman–Crippen MR) is 109 cm³/mol. The molecular weight excluding hydrogens is 373 g/mol. The summed E-state index contributed by atoms with van der Waals surface area (Å²) in [6.45, 7) is 4.04. The monoisotopic (exact) mass is 401 g/mol. The molecule has 4 N–H and O–H groups in total. The number of nitrogens with two attached hydrogens (primary N) is 1. The van der Waals surface area contributed by atoms with Crippen molar-refractivity contribution in [3.05, 3.63) is 28.8 Å². The largest absolute Gasteiger partial charge is 0.348 e. The van der Waals surface area contributed by atoms with Crippen molar-refractivity contribution in [1.29, 1.82) is 0 Å². The zero-order valence-electron chi connectivity index (χ0n) is 15.4. The third-order valence-electron chi connectivity index (χ3n) is 4.79. The maximum Gasteiger partial charge on any atom is 0.253 e. The second-order valence-electron chi connectivity index (χ2n) is 7.05. The van der Waals surface area contributed by atoms with Crippen LogP contribution in [0.4, 0.5) is 5.69 Å². The number of rotatable bonds is 6. The van der Waals surface area contributed by atoms with Crippen molar-refractivity contribution in [1.82, 2.24) is 5.32 Å². The molecule has 0 aromatic heterocycles. The van der Waals surface area contributed by atoms with E-state index in [1.54, 1.807) is 18.2 Å². The Morgan fingerprint density at radius 1 is 1.23 bits per heavy atom. The highest BCUT2D eigenvalue weighted by Gasteiger charge is 2.25. The minimum Gasteiger partial charge on any atom is -0.348 e. The molecule has 1 aromatic carbocycles. The molecule has 0 aliphatic heterocycles. The van der Waals surface area contributed by atoms with E-state index in [-0.39, 0.29) is 36.2 Å². The highest BCUT2D eigenvalue weighted by molar-refractivity contribution is 6.34. The Morgan fingerprint density at radius 3 is 2.46 bits per heavy atom. The molecule has 7 heteroatoms. The molecule has 146 valence electrons. The summed E-state index contributed by atoms with van der Waals surface area (Å²) in [5.74, 6) is -0.0615. The van der Waals surface area contributed by atoms with E-state index >= 15 is 0 Å². The maximum absolute atomic E-state index is 12.7. The van der Waals surface area contributed by atoms with Gasteiger partial charge in [0.2, 0.25) is 5.91 Å². The van der Waals surface area contributed by atoms with Gasteiger partial charge < -0.3 is 16.4 Å². The molecular formula is C19H29Cl2N3O2.